The zero-order valence-electron chi connectivity index (χ0n) is 20.2. The van der Waals surface area contributed by atoms with Crippen LogP contribution in [-0.2, 0) is 9.47 Å². The van der Waals surface area contributed by atoms with E-state index in [0.717, 1.165) is 0 Å². The van der Waals surface area contributed by atoms with E-state index in [4.69, 9.17) is 33.3 Å². The molecule has 9 nitrogen and oxygen atoms in total. The molecule has 0 amide bonds. The first kappa shape index (κ1) is 27.9. The fourth-order valence-corrected chi connectivity index (χ4v) is 4.99. The molecule has 0 bridgehead atoms. The number of ether oxygens (including phenoxy) is 2. The highest BCUT2D eigenvalue weighted by atomic mass is 35.5. The summed E-state index contributed by atoms with van der Waals surface area (Å²) in [4.78, 5) is 13.6. The monoisotopic (exact) mass is 556 g/mol. The standard InChI is InChI=1S/C27H25ClN2O7S/c1-2-36-27(35)20-19(14-8-10-16(28)11-9-14)17(12-29)26(38)30(21(20)15-6-4-3-5-7-15)25-24(34)23(33)22(32)18(13-31)37-25/h3-11,18,22-25,31-34H,2,13H2,1H3/t18-,22+,23+,24+,25-/m0/s1. The first-order valence-electron chi connectivity index (χ1n) is 11.8. The number of carbonyl (C=O) groups is 1. The van der Waals surface area contributed by atoms with Crippen molar-refractivity contribution >= 4 is 29.8 Å². The normalized spacial score (nSPS) is 23.0. The first-order valence-corrected chi connectivity index (χ1v) is 12.5. The largest absolute Gasteiger partial charge is 0.462 e. The number of hydrogen-bond acceptors (Lipinski definition) is 9. The molecule has 0 radical (unpaired) electrons. The van der Waals surface area contributed by atoms with Crippen molar-refractivity contribution in [1.82, 2.24) is 4.57 Å². The third-order valence-electron chi connectivity index (χ3n) is 6.30. The van der Waals surface area contributed by atoms with Crippen molar-refractivity contribution in [3.8, 4) is 28.5 Å². The average Bonchev–Trinajstić information content (AvgIpc) is 2.92. The van der Waals surface area contributed by atoms with E-state index in [2.05, 4.69) is 6.07 Å². The molecule has 5 atom stereocenters. The van der Waals surface area contributed by atoms with Crippen molar-refractivity contribution in [1.29, 1.82) is 5.26 Å². The quantitative estimate of drug-likeness (QED) is 0.265. The van der Waals surface area contributed by atoms with Gasteiger partial charge in [0.15, 0.2) is 6.23 Å². The molecule has 1 aliphatic heterocycles. The molecule has 2 aromatic carbocycles. The summed E-state index contributed by atoms with van der Waals surface area (Å²) in [5.41, 5.74) is 1.19. The van der Waals surface area contributed by atoms with E-state index in [1.165, 1.54) is 4.57 Å². The van der Waals surface area contributed by atoms with Crippen LogP contribution in [0.2, 0.25) is 5.02 Å². The summed E-state index contributed by atoms with van der Waals surface area (Å²) in [6, 6.07) is 17.2. The Balaban J connectivity index is 2.17. The van der Waals surface area contributed by atoms with Gasteiger partial charge in [0.2, 0.25) is 0 Å². The van der Waals surface area contributed by atoms with Gasteiger partial charge in [0.1, 0.15) is 35.1 Å². The Hall–Kier alpha value is -3.14. The van der Waals surface area contributed by atoms with Crippen LogP contribution < -0.4 is 0 Å². The van der Waals surface area contributed by atoms with E-state index >= 15 is 0 Å². The number of hydrogen-bond donors (Lipinski definition) is 4. The molecule has 1 aliphatic rings. The fourth-order valence-electron chi connectivity index (χ4n) is 4.52. The molecule has 38 heavy (non-hydrogen) atoms. The van der Waals surface area contributed by atoms with Crippen molar-refractivity contribution in [2.45, 2.75) is 37.6 Å². The molecule has 198 valence electrons. The Labute approximate surface area is 228 Å². The summed E-state index contributed by atoms with van der Waals surface area (Å²) < 4.78 is 12.4. The van der Waals surface area contributed by atoms with Gasteiger partial charge in [0, 0.05) is 10.6 Å². The maximum atomic E-state index is 13.6. The van der Waals surface area contributed by atoms with E-state index < -0.39 is 43.2 Å². The van der Waals surface area contributed by atoms with Gasteiger partial charge in [-0.25, -0.2) is 4.79 Å². The highest BCUT2D eigenvalue weighted by Gasteiger charge is 2.46. The number of rotatable bonds is 6. The molecule has 4 N–H and O–H groups in total. The average molecular weight is 557 g/mol. The Bertz CT molecular complexity index is 1420. The van der Waals surface area contributed by atoms with Gasteiger partial charge in [-0.2, -0.15) is 5.26 Å². The summed E-state index contributed by atoms with van der Waals surface area (Å²) >= 11 is 11.8. The molecule has 4 rings (SSSR count). The Morgan fingerprint density at radius 3 is 2.32 bits per heavy atom. The van der Waals surface area contributed by atoms with E-state index in [9.17, 15) is 30.5 Å². The lowest BCUT2D eigenvalue weighted by Crippen LogP contribution is -2.56. The minimum atomic E-state index is -1.73. The van der Waals surface area contributed by atoms with Gasteiger partial charge in [-0.3, -0.25) is 0 Å². The molecule has 2 heterocycles. The molecule has 0 saturated carbocycles. The summed E-state index contributed by atoms with van der Waals surface area (Å²) in [6.07, 6.45) is -7.80. The number of aromatic nitrogens is 1. The highest BCUT2D eigenvalue weighted by molar-refractivity contribution is 7.71. The molecule has 1 saturated heterocycles. The number of halogens is 1. The van der Waals surface area contributed by atoms with Crippen LogP contribution in [0.3, 0.4) is 0 Å². The van der Waals surface area contributed by atoms with Crippen molar-refractivity contribution in [3.05, 3.63) is 75.4 Å². The fraction of sp³-hybridized carbons (Fsp3) is 0.296. The predicted octanol–water partition coefficient (Wildman–Crippen LogP) is 3.23. The second-order valence-corrected chi connectivity index (χ2v) is 9.40. The number of nitrogens with zero attached hydrogens (tertiary/aromatic N) is 2. The summed E-state index contributed by atoms with van der Waals surface area (Å²) in [5, 5.41) is 52.3. The van der Waals surface area contributed by atoms with Crippen molar-refractivity contribution < 1.29 is 34.7 Å². The van der Waals surface area contributed by atoms with Crippen LogP contribution in [0.15, 0.2) is 54.6 Å². The lowest BCUT2D eigenvalue weighted by atomic mass is 9.91. The second kappa shape index (κ2) is 11.7. The van der Waals surface area contributed by atoms with Gasteiger partial charge in [-0.15, -0.1) is 0 Å². The van der Waals surface area contributed by atoms with E-state index in [-0.39, 0.29) is 33.6 Å². The lowest BCUT2D eigenvalue weighted by Gasteiger charge is -2.42. The maximum absolute atomic E-state index is 13.6. The number of aliphatic hydroxyl groups excluding tert-OH is 4. The van der Waals surface area contributed by atoms with Crippen LogP contribution in [0.25, 0.3) is 22.4 Å². The van der Waals surface area contributed by atoms with Crippen LogP contribution in [0.5, 0.6) is 0 Å². The summed E-state index contributed by atoms with van der Waals surface area (Å²) in [5.74, 6) is -0.763. The van der Waals surface area contributed by atoms with Gasteiger partial charge < -0.3 is 34.5 Å². The number of nitriles is 1. The first-order chi connectivity index (χ1) is 18.2. The molecule has 1 fully saturated rings. The Morgan fingerprint density at radius 2 is 1.74 bits per heavy atom. The van der Waals surface area contributed by atoms with Crippen LogP contribution in [0, 0.1) is 16.0 Å². The molecular formula is C27H25ClN2O7S. The van der Waals surface area contributed by atoms with Gasteiger partial charge in [0.05, 0.1) is 30.0 Å². The third kappa shape index (κ3) is 4.98. The molecule has 3 aromatic rings. The van der Waals surface area contributed by atoms with Crippen molar-refractivity contribution in [3.63, 3.8) is 0 Å². The Morgan fingerprint density at radius 1 is 1.08 bits per heavy atom. The SMILES string of the molecule is CCOC(=O)c1c(-c2ccc(Cl)cc2)c(C#N)c(=S)n([C@H]2O[C@@H](CO)[C@@H](O)[C@@H](O)[C@H]2O)c1-c1ccccc1. The topological polar surface area (TPSA) is 145 Å². The van der Waals surface area contributed by atoms with Gasteiger partial charge in [-0.05, 0) is 30.2 Å². The van der Waals surface area contributed by atoms with Crippen molar-refractivity contribution in [2.24, 2.45) is 0 Å². The smallest absolute Gasteiger partial charge is 0.340 e. The predicted molar refractivity (Wildman–Crippen MR) is 141 cm³/mol. The number of esters is 1. The number of carbonyl (C=O) groups excluding carboxylic acids is 1. The molecule has 0 aliphatic carbocycles. The van der Waals surface area contributed by atoms with Crippen LogP contribution >= 0.6 is 23.8 Å². The van der Waals surface area contributed by atoms with E-state index in [1.807, 2.05) is 0 Å². The zero-order valence-corrected chi connectivity index (χ0v) is 21.8. The number of pyridine rings is 1. The van der Waals surface area contributed by atoms with Crippen LogP contribution in [-0.4, -0.2) is 68.6 Å². The van der Waals surface area contributed by atoms with Crippen molar-refractivity contribution in [2.75, 3.05) is 13.2 Å². The zero-order chi connectivity index (χ0) is 27.6. The molecule has 0 unspecified atom stereocenters. The number of aliphatic hydroxyl groups is 4. The van der Waals surface area contributed by atoms with Crippen LogP contribution in [0.4, 0.5) is 0 Å². The Kier molecular flexibility index (Phi) is 8.60. The minimum Gasteiger partial charge on any atom is -0.462 e. The second-order valence-electron chi connectivity index (χ2n) is 8.57. The minimum absolute atomic E-state index is 0.0255. The van der Waals surface area contributed by atoms with Gasteiger partial charge in [-0.1, -0.05) is 66.3 Å². The van der Waals surface area contributed by atoms with Gasteiger partial charge >= 0.3 is 5.97 Å². The highest BCUT2D eigenvalue weighted by Crippen LogP contribution is 2.41. The number of benzene rings is 2. The van der Waals surface area contributed by atoms with E-state index in [1.54, 1.807) is 61.5 Å². The molecule has 1 aromatic heterocycles. The molecule has 11 heteroatoms. The third-order valence-corrected chi connectivity index (χ3v) is 6.96. The summed E-state index contributed by atoms with van der Waals surface area (Å²) in [7, 11) is 0. The maximum Gasteiger partial charge on any atom is 0.340 e. The van der Waals surface area contributed by atoms with Gasteiger partial charge in [0.25, 0.3) is 0 Å². The van der Waals surface area contributed by atoms with Crippen LogP contribution in [0.1, 0.15) is 29.1 Å². The van der Waals surface area contributed by atoms with E-state index in [0.29, 0.717) is 16.1 Å². The summed E-state index contributed by atoms with van der Waals surface area (Å²) in [6.45, 7) is 0.999. The molecular weight excluding hydrogens is 532 g/mol. The lowest BCUT2D eigenvalue weighted by molar-refractivity contribution is -0.251. The molecule has 0 spiro atoms.